The largest absolute Gasteiger partial charge is 0.386 e. The van der Waals surface area contributed by atoms with Crippen molar-refractivity contribution in [3.8, 4) is 6.07 Å². The van der Waals surface area contributed by atoms with Crippen LogP contribution in [0.5, 0.6) is 0 Å². The number of rotatable bonds is 4. The molecule has 0 saturated carbocycles. The summed E-state index contributed by atoms with van der Waals surface area (Å²) in [5.74, 6) is 0. The lowest BCUT2D eigenvalue weighted by Gasteiger charge is -2.42. The second-order valence-electron chi connectivity index (χ2n) is 4.22. The first-order chi connectivity index (χ1) is 7.08. The molecule has 1 saturated heterocycles. The molecule has 0 aromatic heterocycles. The second-order valence-corrected chi connectivity index (χ2v) is 4.22. The van der Waals surface area contributed by atoms with Gasteiger partial charge in [0.15, 0.2) is 0 Å². The smallest absolute Gasteiger partial charge is 0.104 e. The highest BCUT2D eigenvalue weighted by Gasteiger charge is 2.48. The Morgan fingerprint density at radius 3 is 2.60 bits per heavy atom. The van der Waals surface area contributed by atoms with Gasteiger partial charge in [0, 0.05) is 19.8 Å². The molecule has 1 heterocycles. The van der Waals surface area contributed by atoms with Crippen LogP contribution in [0.3, 0.4) is 0 Å². The van der Waals surface area contributed by atoms with E-state index in [4.69, 9.17) is 9.47 Å². The van der Waals surface area contributed by atoms with Gasteiger partial charge in [-0.1, -0.05) is 0 Å². The molecule has 1 unspecified atom stereocenters. The lowest BCUT2D eigenvalue weighted by molar-refractivity contribution is -0.129. The van der Waals surface area contributed by atoms with Crippen molar-refractivity contribution in [3.63, 3.8) is 0 Å². The van der Waals surface area contributed by atoms with E-state index < -0.39 is 11.0 Å². The van der Waals surface area contributed by atoms with Crippen molar-refractivity contribution in [1.82, 2.24) is 0 Å². The van der Waals surface area contributed by atoms with Crippen LogP contribution in [0.4, 0.5) is 0 Å². The van der Waals surface area contributed by atoms with Crippen LogP contribution in [0.2, 0.25) is 0 Å². The summed E-state index contributed by atoms with van der Waals surface area (Å²) in [6.07, 6.45) is 1.15. The molecule has 0 bridgehead atoms. The monoisotopic (exact) mass is 213 g/mol. The summed E-state index contributed by atoms with van der Waals surface area (Å²) in [5, 5.41) is 19.6. The van der Waals surface area contributed by atoms with E-state index in [-0.39, 0.29) is 6.61 Å². The van der Waals surface area contributed by atoms with E-state index in [0.717, 1.165) is 0 Å². The van der Waals surface area contributed by atoms with Crippen LogP contribution in [0, 0.1) is 16.7 Å². The topological polar surface area (TPSA) is 62.5 Å². The van der Waals surface area contributed by atoms with E-state index in [0.29, 0.717) is 32.7 Å². The van der Waals surface area contributed by atoms with Crippen molar-refractivity contribution in [2.75, 3.05) is 26.4 Å². The second kappa shape index (κ2) is 4.93. The van der Waals surface area contributed by atoms with Gasteiger partial charge in [-0.15, -0.1) is 0 Å². The predicted molar refractivity (Wildman–Crippen MR) is 55.2 cm³/mol. The number of hydrogen-bond acceptors (Lipinski definition) is 4. The van der Waals surface area contributed by atoms with Crippen LogP contribution in [0.1, 0.15) is 26.7 Å². The van der Waals surface area contributed by atoms with Crippen LogP contribution < -0.4 is 0 Å². The van der Waals surface area contributed by atoms with Crippen LogP contribution in [-0.2, 0) is 9.47 Å². The number of ether oxygens (including phenoxy) is 2. The maximum Gasteiger partial charge on any atom is 0.104 e. The number of hydrogen-bond donors (Lipinski definition) is 1. The normalized spacial score (nSPS) is 24.1. The molecule has 1 N–H and O–H groups in total. The molecule has 0 radical (unpaired) electrons. The number of nitriles is 1. The van der Waals surface area contributed by atoms with Gasteiger partial charge in [0.05, 0.1) is 18.1 Å². The van der Waals surface area contributed by atoms with Crippen molar-refractivity contribution in [3.05, 3.63) is 0 Å². The Bertz CT molecular complexity index is 239. The zero-order chi connectivity index (χ0) is 11.4. The standard InChI is InChI=1S/C11H19NO3/c1-3-14-9-10(2,13)11(8-12)4-6-15-7-5-11/h13H,3-7,9H2,1-2H3. The summed E-state index contributed by atoms with van der Waals surface area (Å²) in [7, 11) is 0. The average molecular weight is 213 g/mol. The summed E-state index contributed by atoms with van der Waals surface area (Å²) in [5.41, 5.74) is -1.82. The first-order valence-corrected chi connectivity index (χ1v) is 5.37. The van der Waals surface area contributed by atoms with Gasteiger partial charge in [-0.3, -0.25) is 0 Å². The summed E-state index contributed by atoms with van der Waals surface area (Å²) >= 11 is 0. The summed E-state index contributed by atoms with van der Waals surface area (Å²) < 4.78 is 10.5. The molecule has 1 aliphatic rings. The number of aliphatic hydroxyl groups is 1. The van der Waals surface area contributed by atoms with Gasteiger partial charge >= 0.3 is 0 Å². The van der Waals surface area contributed by atoms with Crippen molar-refractivity contribution in [2.45, 2.75) is 32.3 Å². The zero-order valence-electron chi connectivity index (χ0n) is 9.45. The maximum atomic E-state index is 10.3. The Morgan fingerprint density at radius 2 is 2.13 bits per heavy atom. The lowest BCUT2D eigenvalue weighted by atomic mass is 9.69. The third-order valence-electron chi connectivity index (χ3n) is 3.18. The van der Waals surface area contributed by atoms with Gasteiger partial charge in [0.25, 0.3) is 0 Å². The molecule has 1 rings (SSSR count). The molecule has 0 amide bonds. The lowest BCUT2D eigenvalue weighted by Crippen LogP contribution is -2.51. The number of nitrogens with zero attached hydrogens (tertiary/aromatic N) is 1. The van der Waals surface area contributed by atoms with Gasteiger partial charge in [0.2, 0.25) is 0 Å². The Morgan fingerprint density at radius 1 is 1.53 bits per heavy atom. The minimum atomic E-state index is -1.10. The van der Waals surface area contributed by atoms with Crippen LogP contribution in [-0.4, -0.2) is 37.1 Å². The molecule has 1 aliphatic heterocycles. The predicted octanol–water partition coefficient (Wildman–Crippen LogP) is 1.09. The molecule has 4 nitrogen and oxygen atoms in total. The van der Waals surface area contributed by atoms with Crippen LogP contribution in [0.25, 0.3) is 0 Å². The molecule has 1 atom stereocenters. The van der Waals surface area contributed by atoms with E-state index >= 15 is 0 Å². The fourth-order valence-corrected chi connectivity index (χ4v) is 1.93. The van der Waals surface area contributed by atoms with E-state index in [9.17, 15) is 10.4 Å². The Labute approximate surface area is 90.8 Å². The summed E-state index contributed by atoms with van der Waals surface area (Å²) in [6, 6.07) is 2.26. The molecular formula is C11H19NO3. The van der Waals surface area contributed by atoms with Crippen molar-refractivity contribution < 1.29 is 14.6 Å². The minimum absolute atomic E-state index is 0.205. The van der Waals surface area contributed by atoms with E-state index in [1.165, 1.54) is 0 Å². The molecular weight excluding hydrogens is 194 g/mol. The molecule has 0 aromatic carbocycles. The highest BCUT2D eigenvalue weighted by Crippen LogP contribution is 2.40. The Balaban J connectivity index is 2.74. The van der Waals surface area contributed by atoms with Gasteiger partial charge in [0.1, 0.15) is 5.60 Å². The summed E-state index contributed by atoms with van der Waals surface area (Å²) in [4.78, 5) is 0. The molecule has 15 heavy (non-hydrogen) atoms. The highest BCUT2D eigenvalue weighted by molar-refractivity contribution is 5.10. The minimum Gasteiger partial charge on any atom is -0.386 e. The fraction of sp³-hybridized carbons (Fsp3) is 0.909. The zero-order valence-corrected chi connectivity index (χ0v) is 9.45. The molecule has 1 fully saturated rings. The highest BCUT2D eigenvalue weighted by atomic mass is 16.5. The van der Waals surface area contributed by atoms with E-state index in [1.54, 1.807) is 6.92 Å². The molecule has 0 aliphatic carbocycles. The van der Waals surface area contributed by atoms with Crippen molar-refractivity contribution in [2.24, 2.45) is 5.41 Å². The van der Waals surface area contributed by atoms with Gasteiger partial charge < -0.3 is 14.6 Å². The first kappa shape index (κ1) is 12.4. The molecule has 0 spiro atoms. The van der Waals surface area contributed by atoms with Gasteiger partial charge in [-0.05, 0) is 26.7 Å². The van der Waals surface area contributed by atoms with Crippen LogP contribution >= 0.6 is 0 Å². The van der Waals surface area contributed by atoms with Crippen LogP contribution in [0.15, 0.2) is 0 Å². The first-order valence-electron chi connectivity index (χ1n) is 5.37. The maximum absolute atomic E-state index is 10.3. The van der Waals surface area contributed by atoms with Crippen molar-refractivity contribution in [1.29, 1.82) is 5.26 Å². The SMILES string of the molecule is CCOCC(C)(O)C1(C#N)CCOCC1. The Hall–Kier alpha value is -0.630. The Kier molecular flexibility index (Phi) is 4.09. The molecule has 0 aromatic rings. The van der Waals surface area contributed by atoms with Gasteiger partial charge in [-0.2, -0.15) is 5.26 Å². The average Bonchev–Trinajstić information content (AvgIpc) is 2.27. The molecule has 4 heteroatoms. The van der Waals surface area contributed by atoms with E-state index in [2.05, 4.69) is 6.07 Å². The third kappa shape index (κ3) is 2.49. The van der Waals surface area contributed by atoms with Gasteiger partial charge in [-0.25, -0.2) is 0 Å². The van der Waals surface area contributed by atoms with E-state index in [1.807, 2.05) is 6.92 Å². The molecule has 86 valence electrons. The quantitative estimate of drug-likeness (QED) is 0.759. The fourth-order valence-electron chi connectivity index (χ4n) is 1.93. The summed E-state index contributed by atoms with van der Waals surface area (Å²) in [6.45, 7) is 5.38. The third-order valence-corrected chi connectivity index (χ3v) is 3.18. The van der Waals surface area contributed by atoms with Crippen molar-refractivity contribution >= 4 is 0 Å².